The maximum atomic E-state index is 17.5. The van der Waals surface area contributed by atoms with Crippen molar-refractivity contribution in [2.24, 2.45) is 22.7 Å². The van der Waals surface area contributed by atoms with Crippen LogP contribution in [0.25, 0.3) is 0 Å². The van der Waals surface area contributed by atoms with E-state index in [-0.39, 0.29) is 47.6 Å². The van der Waals surface area contributed by atoms with Gasteiger partial charge < -0.3 is 51.8 Å². The lowest BCUT2D eigenvalue weighted by molar-refractivity contribution is -0.344. The van der Waals surface area contributed by atoms with Gasteiger partial charge in [0.2, 0.25) is 13.9 Å². The van der Waals surface area contributed by atoms with Crippen LogP contribution < -0.4 is 5.32 Å². The number of carbonyl (C=O) groups excluding carboxylic acids is 6. The molecule has 12 atom stereocenters. The van der Waals surface area contributed by atoms with Crippen LogP contribution in [0, 0.1) is 22.7 Å². The Morgan fingerprint density at radius 3 is 1.80 bits per heavy atom. The van der Waals surface area contributed by atoms with E-state index in [1.807, 2.05) is 34.6 Å². The normalized spacial score (nSPS) is 29.5. The van der Waals surface area contributed by atoms with E-state index in [1.165, 1.54) is 6.92 Å². The molecular weight excluding hydrogens is 1110 g/mol. The summed E-state index contributed by atoms with van der Waals surface area (Å²) in [5, 5.41) is 3.04. The Kier molecular flexibility index (Phi) is 20.9. The second-order valence-electron chi connectivity index (χ2n) is 27.5. The number of benzene rings is 1. The molecule has 1 amide bonds. The van der Waals surface area contributed by atoms with E-state index in [4.69, 9.17) is 46.4 Å². The first-order valence-electron chi connectivity index (χ1n) is 31.0. The molecule has 1 aromatic carbocycles. The first-order valence-corrected chi connectivity index (χ1v) is 38.2. The Balaban J connectivity index is 1.79. The summed E-state index contributed by atoms with van der Waals surface area (Å²) >= 11 is 0. The second-order valence-corrected chi connectivity index (χ2v) is 42.3. The van der Waals surface area contributed by atoms with Crippen LogP contribution in [-0.4, -0.2) is 133 Å². The number of carbonyl (C=O) groups is 6. The van der Waals surface area contributed by atoms with Crippen molar-refractivity contribution in [3.63, 3.8) is 0 Å². The number of esters is 3. The van der Waals surface area contributed by atoms with Crippen LogP contribution in [0.5, 0.6) is 0 Å². The Hall–Kier alpha value is -3.93. The summed E-state index contributed by atoms with van der Waals surface area (Å²) in [4.78, 5) is 92.0. The van der Waals surface area contributed by atoms with Crippen molar-refractivity contribution in [1.29, 1.82) is 0 Å². The minimum atomic E-state index is -3.05. The molecule has 1 N–H and O–H groups in total. The molecule has 1 aromatic rings. The van der Waals surface area contributed by atoms with Gasteiger partial charge in [0.25, 0.3) is 0 Å². The molecule has 468 valence electrons. The molecule has 83 heavy (non-hydrogen) atoms. The highest BCUT2D eigenvalue weighted by Gasteiger charge is 2.83. The summed E-state index contributed by atoms with van der Waals surface area (Å²) in [5.74, 6) is -4.22. The van der Waals surface area contributed by atoms with Crippen LogP contribution in [-0.2, 0) is 60.8 Å². The summed E-state index contributed by atoms with van der Waals surface area (Å²) in [6.07, 6.45) is -11.0. The van der Waals surface area contributed by atoms with Gasteiger partial charge >= 0.3 is 30.2 Å². The van der Waals surface area contributed by atoms with E-state index >= 15 is 14.4 Å². The molecule has 2 heterocycles. The number of hydrogen-bond donors (Lipinski definition) is 1. The van der Waals surface area contributed by atoms with E-state index in [1.54, 1.807) is 58.0 Å². The van der Waals surface area contributed by atoms with Crippen LogP contribution in [0.15, 0.2) is 41.5 Å². The van der Waals surface area contributed by atoms with Gasteiger partial charge in [0, 0.05) is 18.8 Å². The Morgan fingerprint density at radius 2 is 1.33 bits per heavy atom. The number of ketones is 1. The zero-order chi connectivity index (χ0) is 62.4. The summed E-state index contributed by atoms with van der Waals surface area (Å²) in [7, 11) is -8.63. The van der Waals surface area contributed by atoms with Gasteiger partial charge in [-0.3, -0.25) is 9.59 Å². The summed E-state index contributed by atoms with van der Waals surface area (Å²) in [6.45, 7) is 42.8. The van der Waals surface area contributed by atoms with Gasteiger partial charge in [-0.1, -0.05) is 129 Å². The van der Waals surface area contributed by atoms with Crippen molar-refractivity contribution in [1.82, 2.24) is 5.32 Å². The van der Waals surface area contributed by atoms with E-state index < -0.39 is 143 Å². The number of Topliss-reactive ketones (excluding diaryl/α,β-unsaturated/α-hetero) is 1. The van der Waals surface area contributed by atoms with Crippen molar-refractivity contribution < 1.29 is 75.2 Å². The van der Waals surface area contributed by atoms with Crippen LogP contribution >= 0.6 is 0 Å². The molecule has 0 aromatic heterocycles. The standard InChI is InChI=1S/C63H103NO16Si3/c1-23-81(24-2,25-3)78-45-35-46-62(36-71-46,75-42(16)65)51-54(73-55(67)43-32-30-29-31-33-43)63-53(74-58(70)77-63)48(41(15)47(60(63,20)21)50(52(66)61(45,51)22)79-82(26-4,27-5)28-6)72-56(68)49(80-83(38(9)10,39(11)12)40(13)14)44(34-37(7)8)64-57(69)76-59(17,18)19/h29-33,37-40,44-46,48-51,53-54H,23-28,34-36H2,1-22H3,(H,64,69)/t44-,45-,46+,48+,49+,50+,51?,53-,54-,61+,62-,63+/m0/s1. The molecule has 6 rings (SSSR count). The number of ether oxygens (including phenoxy) is 7. The van der Waals surface area contributed by atoms with Crippen molar-refractivity contribution >= 4 is 60.9 Å². The van der Waals surface area contributed by atoms with Crippen molar-refractivity contribution in [2.75, 3.05) is 6.61 Å². The van der Waals surface area contributed by atoms with Crippen molar-refractivity contribution in [3.05, 3.63) is 47.0 Å². The lowest BCUT2D eigenvalue weighted by Gasteiger charge is -2.68. The smallest absolute Gasteiger partial charge is 0.454 e. The Bertz CT molecular complexity index is 2520. The minimum absolute atomic E-state index is 0.0252. The number of hydrogen-bond acceptors (Lipinski definition) is 16. The van der Waals surface area contributed by atoms with Crippen molar-refractivity contribution in [2.45, 2.75) is 284 Å². The molecule has 3 aliphatic carbocycles. The van der Waals surface area contributed by atoms with Gasteiger partial charge in [0.15, 0.2) is 52.4 Å². The number of fused-ring (bicyclic) bond motifs is 4. The molecule has 20 heteroatoms. The molecule has 1 spiro atoms. The van der Waals surface area contributed by atoms with Crippen LogP contribution in [0.1, 0.15) is 176 Å². The van der Waals surface area contributed by atoms with Gasteiger partial charge in [-0.25, -0.2) is 19.2 Å². The van der Waals surface area contributed by atoms with Gasteiger partial charge in [0.1, 0.15) is 17.8 Å². The van der Waals surface area contributed by atoms with Gasteiger partial charge in [-0.15, -0.1) is 0 Å². The topological polar surface area (TPSA) is 207 Å². The molecular formula is C63H103NO16Si3. The highest BCUT2D eigenvalue weighted by Crippen LogP contribution is 2.68. The highest BCUT2D eigenvalue weighted by atomic mass is 28.4. The predicted molar refractivity (Wildman–Crippen MR) is 324 cm³/mol. The van der Waals surface area contributed by atoms with Crippen molar-refractivity contribution in [3.8, 4) is 0 Å². The maximum absolute atomic E-state index is 17.5. The van der Waals surface area contributed by atoms with E-state index in [0.717, 1.165) is 18.1 Å². The third kappa shape index (κ3) is 12.1. The number of rotatable bonds is 24. The van der Waals surface area contributed by atoms with Gasteiger partial charge in [-0.05, 0) is 123 Å². The molecule has 2 saturated carbocycles. The quantitative estimate of drug-likeness (QED) is 0.0442. The molecule has 2 aliphatic heterocycles. The summed E-state index contributed by atoms with van der Waals surface area (Å²) < 4.78 is 69.5. The zero-order valence-electron chi connectivity index (χ0n) is 54.3. The SMILES string of the molecule is CC[Si](CC)(CC)O[C@H]1C(=O)[C@@]2(C)C([C@H](OC(=O)c3ccccc3)[C@]34OC(=O)O[C@H]3[C@H](OC(=O)[C@H](O[Si](C(C)C)(C(C)C)C(C)C)[C@H](CC(C)C)NC(=O)OC(C)(C)C)C(C)=C1C4(C)C)[C@]1(OC(C)=O)CO[C@@H]1C[C@@H]2O[Si](CC)(CC)CC. The molecule has 2 saturated heterocycles. The zero-order valence-corrected chi connectivity index (χ0v) is 57.3. The summed E-state index contributed by atoms with van der Waals surface area (Å²) in [6, 6.07) is 11.4. The summed E-state index contributed by atoms with van der Waals surface area (Å²) in [5.41, 5.74) is -7.28. The lowest BCUT2D eigenvalue weighted by Crippen LogP contribution is -2.84. The molecule has 5 aliphatic rings. The Labute approximate surface area is 499 Å². The predicted octanol–water partition coefficient (Wildman–Crippen LogP) is 13.3. The van der Waals surface area contributed by atoms with Crippen LogP contribution in [0.4, 0.5) is 9.59 Å². The third-order valence-corrected chi connectivity index (χ3v) is 35.6. The molecule has 0 radical (unpaired) electrons. The Morgan fingerprint density at radius 1 is 0.783 bits per heavy atom. The maximum Gasteiger partial charge on any atom is 0.509 e. The highest BCUT2D eigenvalue weighted by molar-refractivity contribution is 6.78. The molecule has 4 fully saturated rings. The average molecular weight is 1210 g/mol. The first kappa shape index (κ1) is 68.2. The molecule has 2 bridgehead atoms. The monoisotopic (exact) mass is 1210 g/mol. The van der Waals surface area contributed by atoms with E-state index in [2.05, 4.69) is 88.4 Å². The molecule has 1 unspecified atom stereocenters. The third-order valence-electron chi connectivity index (χ3n) is 20.3. The molecule has 17 nitrogen and oxygen atoms in total. The number of amides is 1. The van der Waals surface area contributed by atoms with Crippen LogP contribution in [0.2, 0.25) is 52.9 Å². The van der Waals surface area contributed by atoms with E-state index in [0.29, 0.717) is 29.3 Å². The van der Waals surface area contributed by atoms with Gasteiger partial charge in [0.05, 0.1) is 35.6 Å². The van der Waals surface area contributed by atoms with Crippen LogP contribution in [0.3, 0.4) is 0 Å². The fourth-order valence-corrected chi connectivity index (χ4v) is 26.8. The fourth-order valence-electron chi connectivity index (χ4n) is 15.7. The number of alkyl carbamates (subject to hydrolysis) is 1. The fraction of sp³-hybridized carbons (Fsp3) is 0.778. The van der Waals surface area contributed by atoms with E-state index in [9.17, 15) is 14.4 Å². The first-order chi connectivity index (χ1) is 38.6. The largest absolute Gasteiger partial charge is 0.509 e. The second kappa shape index (κ2) is 25.4. The minimum Gasteiger partial charge on any atom is -0.454 e. The van der Waals surface area contributed by atoms with Gasteiger partial charge in [-0.2, -0.15) is 0 Å². The lowest BCUT2D eigenvalue weighted by atomic mass is 9.44. The number of nitrogens with one attached hydrogen (secondary N) is 1. The average Bonchev–Trinajstić information content (AvgIpc) is 1.75.